The number of hydrogen-bond donors (Lipinski definition) is 0. The minimum absolute atomic E-state index is 0.0402. The lowest BCUT2D eigenvalue weighted by Crippen LogP contribution is -2.49. The average Bonchev–Trinajstić information content (AvgIpc) is 3.09. The van der Waals surface area contributed by atoms with E-state index in [1.165, 1.54) is 29.5 Å². The molecular weight excluding hydrogens is 341 g/mol. The molecular formula is C18H18FN3O2S. The van der Waals surface area contributed by atoms with E-state index in [1.54, 1.807) is 34.9 Å². The van der Waals surface area contributed by atoms with Gasteiger partial charge in [0, 0.05) is 50.1 Å². The molecule has 25 heavy (non-hydrogen) atoms. The van der Waals surface area contributed by atoms with Gasteiger partial charge >= 0.3 is 0 Å². The van der Waals surface area contributed by atoms with Gasteiger partial charge in [-0.05, 0) is 30.3 Å². The lowest BCUT2D eigenvalue weighted by atomic mass is 10.2. The number of carbonyl (C=O) groups is 2. The average molecular weight is 359 g/mol. The van der Waals surface area contributed by atoms with Crippen LogP contribution in [-0.2, 0) is 9.59 Å². The minimum Gasteiger partial charge on any atom is -0.339 e. The molecule has 1 aromatic carbocycles. The van der Waals surface area contributed by atoms with Crippen molar-refractivity contribution in [3.8, 4) is 10.6 Å². The largest absolute Gasteiger partial charge is 0.339 e. The van der Waals surface area contributed by atoms with Crippen LogP contribution in [0, 0.1) is 5.82 Å². The second-order valence-electron chi connectivity index (χ2n) is 5.75. The molecule has 0 unspecified atom stereocenters. The van der Waals surface area contributed by atoms with Crippen molar-refractivity contribution < 1.29 is 14.0 Å². The second kappa shape index (κ2) is 7.57. The Labute approximate surface area is 149 Å². The SMILES string of the molecule is CC(=O)N1CCN(C(=O)C=Cc2csc(-c3ccc(F)cc3)n2)CC1. The number of amides is 2. The summed E-state index contributed by atoms with van der Waals surface area (Å²) in [5.74, 6) is -0.325. The maximum absolute atomic E-state index is 13.0. The van der Waals surface area contributed by atoms with Gasteiger partial charge in [0.1, 0.15) is 10.8 Å². The minimum atomic E-state index is -0.282. The van der Waals surface area contributed by atoms with Crippen LogP contribution in [0.25, 0.3) is 16.6 Å². The van der Waals surface area contributed by atoms with Gasteiger partial charge in [-0.1, -0.05) is 0 Å². The molecule has 0 aliphatic carbocycles. The quantitative estimate of drug-likeness (QED) is 0.792. The molecule has 1 aliphatic heterocycles. The Balaban J connectivity index is 1.60. The summed E-state index contributed by atoms with van der Waals surface area (Å²) >= 11 is 1.45. The summed E-state index contributed by atoms with van der Waals surface area (Å²) in [6.07, 6.45) is 3.19. The molecule has 3 rings (SSSR count). The lowest BCUT2D eigenvalue weighted by molar-refractivity contribution is -0.135. The summed E-state index contributed by atoms with van der Waals surface area (Å²) < 4.78 is 13.0. The van der Waals surface area contributed by atoms with Crippen LogP contribution in [0.2, 0.25) is 0 Å². The van der Waals surface area contributed by atoms with E-state index >= 15 is 0 Å². The zero-order chi connectivity index (χ0) is 17.8. The van der Waals surface area contributed by atoms with Crippen LogP contribution in [-0.4, -0.2) is 52.8 Å². The van der Waals surface area contributed by atoms with Crippen molar-refractivity contribution in [1.82, 2.24) is 14.8 Å². The topological polar surface area (TPSA) is 53.5 Å². The molecule has 0 N–H and O–H groups in total. The molecule has 1 fully saturated rings. The number of carbonyl (C=O) groups excluding carboxylic acids is 2. The maximum Gasteiger partial charge on any atom is 0.246 e. The van der Waals surface area contributed by atoms with Crippen LogP contribution in [0.1, 0.15) is 12.6 Å². The fourth-order valence-electron chi connectivity index (χ4n) is 2.59. The van der Waals surface area contributed by atoms with Gasteiger partial charge in [-0.2, -0.15) is 0 Å². The fourth-order valence-corrected chi connectivity index (χ4v) is 3.39. The molecule has 0 spiro atoms. The van der Waals surface area contributed by atoms with Crippen LogP contribution in [0.4, 0.5) is 4.39 Å². The maximum atomic E-state index is 13.0. The van der Waals surface area contributed by atoms with Crippen molar-refractivity contribution in [1.29, 1.82) is 0 Å². The Morgan fingerprint density at radius 2 is 1.76 bits per heavy atom. The number of halogens is 1. The van der Waals surface area contributed by atoms with Gasteiger partial charge in [-0.25, -0.2) is 9.37 Å². The van der Waals surface area contributed by atoms with Gasteiger partial charge in [0.05, 0.1) is 5.69 Å². The highest BCUT2D eigenvalue weighted by Crippen LogP contribution is 2.24. The number of thiazole rings is 1. The first kappa shape index (κ1) is 17.3. The third kappa shape index (κ3) is 4.30. The molecule has 2 heterocycles. The van der Waals surface area contributed by atoms with Gasteiger partial charge in [0.15, 0.2) is 0 Å². The van der Waals surface area contributed by atoms with Crippen molar-refractivity contribution in [3.63, 3.8) is 0 Å². The predicted octanol–water partition coefficient (Wildman–Crippen LogP) is 2.65. The highest BCUT2D eigenvalue weighted by atomic mass is 32.1. The molecule has 1 saturated heterocycles. The zero-order valence-corrected chi connectivity index (χ0v) is 14.6. The molecule has 1 aromatic heterocycles. The van der Waals surface area contributed by atoms with E-state index in [2.05, 4.69) is 4.98 Å². The van der Waals surface area contributed by atoms with Crippen molar-refractivity contribution in [2.24, 2.45) is 0 Å². The molecule has 0 radical (unpaired) electrons. The molecule has 5 nitrogen and oxygen atoms in total. The van der Waals surface area contributed by atoms with E-state index in [1.807, 2.05) is 5.38 Å². The first-order valence-corrected chi connectivity index (χ1v) is 8.85. The molecule has 2 amide bonds. The summed E-state index contributed by atoms with van der Waals surface area (Å²) in [5.41, 5.74) is 1.54. The van der Waals surface area contributed by atoms with E-state index in [-0.39, 0.29) is 17.6 Å². The standard InChI is InChI=1S/C18H18FN3O2S/c1-13(23)21-8-10-22(11-9-21)17(24)7-6-16-12-25-18(20-16)14-2-4-15(19)5-3-14/h2-7,12H,8-11H2,1H3. The predicted molar refractivity (Wildman–Crippen MR) is 95.4 cm³/mol. The first-order chi connectivity index (χ1) is 12.0. The summed E-state index contributed by atoms with van der Waals surface area (Å²) in [4.78, 5) is 31.4. The van der Waals surface area contributed by atoms with E-state index < -0.39 is 0 Å². The zero-order valence-electron chi connectivity index (χ0n) is 13.8. The molecule has 2 aromatic rings. The fraction of sp³-hybridized carbons (Fsp3) is 0.278. The summed E-state index contributed by atoms with van der Waals surface area (Å²) in [6.45, 7) is 3.76. The molecule has 0 saturated carbocycles. The van der Waals surface area contributed by atoms with Crippen molar-refractivity contribution >= 4 is 29.2 Å². The summed E-state index contributed by atoms with van der Waals surface area (Å²) in [7, 11) is 0. The number of piperazine rings is 1. The molecule has 0 bridgehead atoms. The van der Waals surface area contributed by atoms with E-state index in [9.17, 15) is 14.0 Å². The Bertz CT molecular complexity index is 793. The highest BCUT2D eigenvalue weighted by Gasteiger charge is 2.20. The number of rotatable bonds is 3. The third-order valence-electron chi connectivity index (χ3n) is 4.05. The molecule has 130 valence electrons. The van der Waals surface area contributed by atoms with Crippen LogP contribution in [0.3, 0.4) is 0 Å². The summed E-state index contributed by atoms with van der Waals surface area (Å²) in [6, 6.07) is 6.16. The van der Waals surface area contributed by atoms with Gasteiger partial charge in [0.25, 0.3) is 0 Å². The van der Waals surface area contributed by atoms with Crippen LogP contribution < -0.4 is 0 Å². The number of aromatic nitrogens is 1. The van der Waals surface area contributed by atoms with Gasteiger partial charge in [0.2, 0.25) is 11.8 Å². The van der Waals surface area contributed by atoms with Crippen molar-refractivity contribution in [2.45, 2.75) is 6.92 Å². The smallest absolute Gasteiger partial charge is 0.246 e. The van der Waals surface area contributed by atoms with E-state index in [0.717, 1.165) is 10.6 Å². The van der Waals surface area contributed by atoms with Gasteiger partial charge < -0.3 is 9.80 Å². The lowest BCUT2D eigenvalue weighted by Gasteiger charge is -2.33. The summed E-state index contributed by atoms with van der Waals surface area (Å²) in [5, 5.41) is 2.64. The Kier molecular flexibility index (Phi) is 5.23. The first-order valence-electron chi connectivity index (χ1n) is 7.97. The highest BCUT2D eigenvalue weighted by molar-refractivity contribution is 7.13. The van der Waals surface area contributed by atoms with Gasteiger partial charge in [-0.15, -0.1) is 11.3 Å². The second-order valence-corrected chi connectivity index (χ2v) is 6.61. The Morgan fingerprint density at radius 3 is 2.40 bits per heavy atom. The number of nitrogens with zero attached hydrogens (tertiary/aromatic N) is 3. The number of hydrogen-bond acceptors (Lipinski definition) is 4. The number of benzene rings is 1. The Morgan fingerprint density at radius 1 is 1.12 bits per heavy atom. The molecule has 1 aliphatic rings. The van der Waals surface area contributed by atoms with Crippen molar-refractivity contribution in [2.75, 3.05) is 26.2 Å². The van der Waals surface area contributed by atoms with Gasteiger partial charge in [-0.3, -0.25) is 9.59 Å². The van der Waals surface area contributed by atoms with Crippen LogP contribution in [0.15, 0.2) is 35.7 Å². The van der Waals surface area contributed by atoms with E-state index in [4.69, 9.17) is 0 Å². The van der Waals surface area contributed by atoms with Crippen molar-refractivity contribution in [3.05, 3.63) is 47.2 Å². The van der Waals surface area contributed by atoms with Crippen LogP contribution in [0.5, 0.6) is 0 Å². The normalized spacial score (nSPS) is 15.0. The monoisotopic (exact) mass is 359 g/mol. The van der Waals surface area contributed by atoms with E-state index in [0.29, 0.717) is 31.9 Å². The molecule has 0 atom stereocenters. The van der Waals surface area contributed by atoms with Crippen LogP contribution >= 0.6 is 11.3 Å². The molecule has 7 heteroatoms. The Hall–Kier alpha value is -2.54. The third-order valence-corrected chi connectivity index (χ3v) is 4.96.